The molecule has 0 saturated carbocycles. The summed E-state index contributed by atoms with van der Waals surface area (Å²) in [4.78, 5) is 13.8. The van der Waals surface area contributed by atoms with Gasteiger partial charge >= 0.3 is 6.03 Å². The summed E-state index contributed by atoms with van der Waals surface area (Å²) in [5, 5.41) is 2.94. The predicted molar refractivity (Wildman–Crippen MR) is 76.4 cm³/mol. The van der Waals surface area contributed by atoms with Crippen LogP contribution in [0.15, 0.2) is 24.3 Å². The van der Waals surface area contributed by atoms with Gasteiger partial charge in [-0.25, -0.2) is 4.79 Å². The van der Waals surface area contributed by atoms with Crippen LogP contribution in [0.25, 0.3) is 0 Å². The van der Waals surface area contributed by atoms with Gasteiger partial charge in [0, 0.05) is 31.8 Å². The van der Waals surface area contributed by atoms with Crippen LogP contribution in [-0.4, -0.2) is 37.7 Å². The van der Waals surface area contributed by atoms with Gasteiger partial charge in [0.25, 0.3) is 0 Å². The van der Waals surface area contributed by atoms with Crippen LogP contribution in [0.2, 0.25) is 0 Å². The molecule has 2 amide bonds. The zero-order chi connectivity index (χ0) is 13.7. The Bertz CT molecular complexity index is 428. The molecule has 1 fully saturated rings. The van der Waals surface area contributed by atoms with Gasteiger partial charge in [-0.2, -0.15) is 0 Å². The van der Waals surface area contributed by atoms with Gasteiger partial charge in [-0.15, -0.1) is 0 Å². The molecule has 19 heavy (non-hydrogen) atoms. The molecular weight excluding hydrogens is 240 g/mol. The molecule has 1 N–H and O–H groups in total. The molecule has 2 rings (SSSR count). The van der Waals surface area contributed by atoms with Crippen LogP contribution in [-0.2, 0) is 11.2 Å². The zero-order valence-corrected chi connectivity index (χ0v) is 11.7. The maximum Gasteiger partial charge on any atom is 0.321 e. The second-order valence-electron chi connectivity index (χ2n) is 5.09. The number of hydrogen-bond acceptors (Lipinski definition) is 2. The molecule has 1 aliphatic rings. The van der Waals surface area contributed by atoms with Crippen molar-refractivity contribution in [2.75, 3.05) is 32.1 Å². The average molecular weight is 262 g/mol. The minimum Gasteiger partial charge on any atom is -0.381 e. The van der Waals surface area contributed by atoms with Crippen LogP contribution in [0.1, 0.15) is 18.9 Å². The van der Waals surface area contributed by atoms with E-state index in [1.807, 2.05) is 25.2 Å². The highest BCUT2D eigenvalue weighted by Gasteiger charge is 2.19. The van der Waals surface area contributed by atoms with Crippen molar-refractivity contribution >= 4 is 11.7 Å². The van der Waals surface area contributed by atoms with Gasteiger partial charge in [0.15, 0.2) is 0 Å². The molecule has 1 aromatic carbocycles. The Morgan fingerprint density at radius 1 is 1.53 bits per heavy atom. The summed E-state index contributed by atoms with van der Waals surface area (Å²) in [7, 11) is 1.83. The molecule has 4 nitrogen and oxygen atoms in total. The van der Waals surface area contributed by atoms with Gasteiger partial charge < -0.3 is 15.0 Å². The third-order valence-corrected chi connectivity index (χ3v) is 3.49. The van der Waals surface area contributed by atoms with E-state index in [4.69, 9.17) is 4.74 Å². The minimum atomic E-state index is -0.0554. The Kier molecular flexibility index (Phi) is 4.80. The van der Waals surface area contributed by atoms with E-state index in [1.165, 1.54) is 5.56 Å². The third-order valence-electron chi connectivity index (χ3n) is 3.49. The number of amides is 2. The topological polar surface area (TPSA) is 41.6 Å². The lowest BCUT2D eigenvalue weighted by molar-refractivity contribution is 0.175. The van der Waals surface area contributed by atoms with E-state index < -0.39 is 0 Å². The van der Waals surface area contributed by atoms with Crippen molar-refractivity contribution in [1.29, 1.82) is 0 Å². The summed E-state index contributed by atoms with van der Waals surface area (Å²) in [5.74, 6) is 0.470. The first-order valence-electron chi connectivity index (χ1n) is 6.88. The monoisotopic (exact) mass is 262 g/mol. The largest absolute Gasteiger partial charge is 0.381 e. The summed E-state index contributed by atoms with van der Waals surface area (Å²) in [6.07, 6.45) is 2.02. The molecule has 0 radical (unpaired) electrons. The standard InChI is InChI=1S/C15H22N2O2/c1-3-12-5-4-6-14(9-12)16-15(18)17(2)10-13-7-8-19-11-13/h4-6,9,13H,3,7-8,10-11H2,1-2H3,(H,16,18). The van der Waals surface area contributed by atoms with E-state index in [0.717, 1.165) is 38.3 Å². The van der Waals surface area contributed by atoms with Crippen LogP contribution < -0.4 is 5.32 Å². The van der Waals surface area contributed by atoms with Gasteiger partial charge in [0.05, 0.1) is 6.61 Å². The van der Waals surface area contributed by atoms with Gasteiger partial charge in [-0.1, -0.05) is 19.1 Å². The van der Waals surface area contributed by atoms with Crippen LogP contribution in [0.5, 0.6) is 0 Å². The number of aryl methyl sites for hydroxylation is 1. The lowest BCUT2D eigenvalue weighted by atomic mass is 10.1. The Morgan fingerprint density at radius 2 is 2.37 bits per heavy atom. The number of nitrogens with zero attached hydrogens (tertiary/aromatic N) is 1. The smallest absolute Gasteiger partial charge is 0.321 e. The van der Waals surface area contributed by atoms with Gasteiger partial charge in [-0.3, -0.25) is 0 Å². The minimum absolute atomic E-state index is 0.0554. The molecule has 0 bridgehead atoms. The van der Waals surface area contributed by atoms with E-state index in [9.17, 15) is 4.79 Å². The molecule has 1 saturated heterocycles. The molecule has 104 valence electrons. The number of carbonyl (C=O) groups excluding carboxylic acids is 1. The normalized spacial score (nSPS) is 18.3. The van der Waals surface area contributed by atoms with E-state index >= 15 is 0 Å². The fourth-order valence-corrected chi connectivity index (χ4v) is 2.29. The van der Waals surface area contributed by atoms with Gasteiger partial charge in [0.2, 0.25) is 0 Å². The zero-order valence-electron chi connectivity index (χ0n) is 11.7. The summed E-state index contributed by atoms with van der Waals surface area (Å²) in [6, 6.07) is 7.92. The molecule has 1 atom stereocenters. The molecule has 0 aliphatic carbocycles. The number of hydrogen-bond donors (Lipinski definition) is 1. The number of carbonyl (C=O) groups is 1. The van der Waals surface area contributed by atoms with Crippen molar-refractivity contribution in [3.63, 3.8) is 0 Å². The lowest BCUT2D eigenvalue weighted by Gasteiger charge is -2.21. The van der Waals surface area contributed by atoms with Crippen molar-refractivity contribution in [3.8, 4) is 0 Å². The van der Waals surface area contributed by atoms with Crippen LogP contribution in [0.3, 0.4) is 0 Å². The first-order valence-corrected chi connectivity index (χ1v) is 6.88. The SMILES string of the molecule is CCc1cccc(NC(=O)N(C)CC2CCOC2)c1. The second kappa shape index (κ2) is 6.57. The second-order valence-corrected chi connectivity index (χ2v) is 5.09. The van der Waals surface area contributed by atoms with Crippen molar-refractivity contribution in [1.82, 2.24) is 4.90 Å². The maximum absolute atomic E-state index is 12.1. The van der Waals surface area contributed by atoms with Crippen molar-refractivity contribution in [2.24, 2.45) is 5.92 Å². The molecule has 1 unspecified atom stereocenters. The quantitative estimate of drug-likeness (QED) is 0.906. The number of anilines is 1. The van der Waals surface area contributed by atoms with Gasteiger partial charge in [-0.05, 0) is 30.5 Å². The highest BCUT2D eigenvalue weighted by Crippen LogP contribution is 2.15. The number of rotatable bonds is 4. The van der Waals surface area contributed by atoms with E-state index in [2.05, 4.69) is 18.3 Å². The number of urea groups is 1. The first kappa shape index (κ1) is 13.9. The van der Waals surface area contributed by atoms with E-state index in [0.29, 0.717) is 5.92 Å². The molecule has 4 heteroatoms. The Morgan fingerprint density at radius 3 is 3.05 bits per heavy atom. The summed E-state index contributed by atoms with van der Waals surface area (Å²) >= 11 is 0. The molecule has 1 aliphatic heterocycles. The molecule has 1 heterocycles. The fraction of sp³-hybridized carbons (Fsp3) is 0.533. The van der Waals surface area contributed by atoms with Crippen LogP contribution in [0, 0.1) is 5.92 Å². The first-order chi connectivity index (χ1) is 9.19. The number of ether oxygens (including phenoxy) is 1. The van der Waals surface area contributed by atoms with Crippen LogP contribution >= 0.6 is 0 Å². The Labute approximate surface area is 114 Å². The van der Waals surface area contributed by atoms with E-state index in [1.54, 1.807) is 4.90 Å². The Hall–Kier alpha value is -1.55. The number of nitrogens with one attached hydrogen (secondary N) is 1. The van der Waals surface area contributed by atoms with Crippen LogP contribution in [0.4, 0.5) is 10.5 Å². The van der Waals surface area contributed by atoms with Crippen molar-refractivity contribution in [2.45, 2.75) is 19.8 Å². The number of benzene rings is 1. The van der Waals surface area contributed by atoms with Crippen molar-refractivity contribution < 1.29 is 9.53 Å². The summed E-state index contributed by atoms with van der Waals surface area (Å²) < 4.78 is 5.33. The van der Waals surface area contributed by atoms with Crippen molar-refractivity contribution in [3.05, 3.63) is 29.8 Å². The molecular formula is C15H22N2O2. The molecule has 1 aromatic rings. The highest BCUT2D eigenvalue weighted by atomic mass is 16.5. The maximum atomic E-state index is 12.1. The van der Waals surface area contributed by atoms with Gasteiger partial charge in [0.1, 0.15) is 0 Å². The van der Waals surface area contributed by atoms with E-state index in [-0.39, 0.29) is 6.03 Å². The Balaban J connectivity index is 1.88. The third kappa shape index (κ3) is 3.96. The summed E-state index contributed by atoms with van der Waals surface area (Å²) in [6.45, 7) is 4.44. The lowest BCUT2D eigenvalue weighted by Crippen LogP contribution is -2.35. The summed E-state index contributed by atoms with van der Waals surface area (Å²) in [5.41, 5.74) is 2.09. The fourth-order valence-electron chi connectivity index (χ4n) is 2.29. The highest BCUT2D eigenvalue weighted by molar-refractivity contribution is 5.89. The molecule has 0 aromatic heterocycles. The molecule has 0 spiro atoms. The average Bonchev–Trinajstić information content (AvgIpc) is 2.91. The predicted octanol–water partition coefficient (Wildman–Crippen LogP) is 2.75.